The number of benzene rings is 3. The molecule has 2 fully saturated rings. The number of rotatable bonds is 20. The average molecular weight is 940 g/mol. The Bertz CT molecular complexity index is 2680. The van der Waals surface area contributed by atoms with Crippen LogP contribution in [-0.4, -0.2) is 134 Å². The number of sulfone groups is 1. The van der Waals surface area contributed by atoms with Crippen LogP contribution in [0.4, 0.5) is 21.7 Å². The van der Waals surface area contributed by atoms with E-state index in [2.05, 4.69) is 35.5 Å². The van der Waals surface area contributed by atoms with Crippen molar-refractivity contribution < 1.29 is 36.7 Å². The molecule has 356 valence electrons. The third kappa shape index (κ3) is 11.9. The zero-order valence-corrected chi connectivity index (χ0v) is 39.1. The maximum atomic E-state index is 15.6. The van der Waals surface area contributed by atoms with Crippen LogP contribution in [0.3, 0.4) is 0 Å². The van der Waals surface area contributed by atoms with E-state index in [4.69, 9.17) is 20.6 Å². The minimum Gasteiger partial charge on any atom is -0.488 e. The zero-order valence-electron chi connectivity index (χ0n) is 38.3. The summed E-state index contributed by atoms with van der Waals surface area (Å²) in [6.45, 7) is 7.05. The number of hydrogen-bond acceptors (Lipinski definition) is 17. The second-order valence-electron chi connectivity index (χ2n) is 16.6. The number of hydrogen-bond donors (Lipinski definition) is 4. The summed E-state index contributed by atoms with van der Waals surface area (Å²) in [4.78, 5) is 49.4. The Hall–Kier alpha value is -6.61. The lowest BCUT2D eigenvalue weighted by atomic mass is 9.97. The topological polar surface area (TPSA) is 231 Å². The van der Waals surface area contributed by atoms with Gasteiger partial charge in [-0.1, -0.05) is 6.07 Å². The fourth-order valence-electron chi connectivity index (χ4n) is 7.95. The minimum absolute atomic E-state index is 0.00330. The number of nitrogens with one attached hydrogen (secondary N) is 3. The molecule has 0 spiro atoms. The quantitative estimate of drug-likeness (QED) is 0.0599. The summed E-state index contributed by atoms with van der Waals surface area (Å²) < 4.78 is 56.6. The van der Waals surface area contributed by atoms with E-state index in [0.29, 0.717) is 49.0 Å². The van der Waals surface area contributed by atoms with Crippen LogP contribution in [0.1, 0.15) is 61.1 Å². The first-order chi connectivity index (χ1) is 32.3. The molecule has 2 saturated heterocycles. The van der Waals surface area contributed by atoms with Gasteiger partial charge in [-0.25, -0.2) is 17.8 Å². The lowest BCUT2D eigenvalue weighted by Gasteiger charge is -2.47. The second kappa shape index (κ2) is 22.7. The first-order valence-corrected chi connectivity index (χ1v) is 23.4. The van der Waals surface area contributed by atoms with E-state index in [-0.39, 0.29) is 57.1 Å². The number of ether oxygens (including phenoxy) is 2. The average Bonchev–Trinajstić information content (AvgIpc) is 3.73. The van der Waals surface area contributed by atoms with Crippen LogP contribution >= 0.6 is 0 Å². The third-order valence-electron chi connectivity index (χ3n) is 11.4. The predicted octanol–water partition coefficient (Wildman–Crippen LogP) is 4.93. The highest BCUT2D eigenvalue weighted by Crippen LogP contribution is 2.33. The highest BCUT2D eigenvalue weighted by atomic mass is 32.2. The first kappa shape index (κ1) is 49.8. The van der Waals surface area contributed by atoms with E-state index in [1.807, 2.05) is 58.1 Å². The first-order valence-electron chi connectivity index (χ1n) is 21.9. The van der Waals surface area contributed by atoms with E-state index < -0.39 is 21.7 Å². The molecule has 1 atom stereocenters. The third-order valence-corrected chi connectivity index (χ3v) is 13.2. The number of nitrogens with two attached hydrogens (primary N) is 1. The molecule has 0 radical (unpaired) electrons. The zero-order chi connectivity index (χ0) is 48.3. The van der Waals surface area contributed by atoms with Gasteiger partial charge in [-0.3, -0.25) is 14.6 Å². The lowest BCUT2D eigenvalue weighted by molar-refractivity contribution is -0.113. The van der Waals surface area contributed by atoms with Gasteiger partial charge in [0.25, 0.3) is 0 Å². The Kier molecular flexibility index (Phi) is 16.9. The van der Waals surface area contributed by atoms with Gasteiger partial charge in [0.05, 0.1) is 27.6 Å². The number of halogens is 1. The van der Waals surface area contributed by atoms with E-state index in [1.165, 1.54) is 41.3 Å². The number of anilines is 3. The van der Waals surface area contributed by atoms with Gasteiger partial charge in [-0.05, 0) is 114 Å². The molecule has 0 saturated carbocycles. The van der Waals surface area contributed by atoms with Crippen LogP contribution in [0, 0.1) is 11.2 Å². The molecule has 20 heteroatoms. The SMILES string of the molecule is CC(C)Oc1c(/C(C=N)=C/N)ncn2nc(Nc3ccc(S(=O)(=O)c4cccc(OC5CN(C6CCN(c7ccc(C=O)c(CN(C)C(C=O)CCC=O)c7)CC6)C5)c4)cc3F)nc12.CNC. The maximum absolute atomic E-state index is 15.6. The number of likely N-dealkylation sites (tertiary alicyclic amines) is 1. The van der Waals surface area contributed by atoms with Crippen LogP contribution in [0.2, 0.25) is 0 Å². The molecule has 0 aliphatic carbocycles. The summed E-state index contributed by atoms with van der Waals surface area (Å²) in [5.41, 5.74) is 8.87. The number of fused-ring (bicyclic) bond motifs is 1. The van der Waals surface area contributed by atoms with Crippen molar-refractivity contribution in [2.75, 3.05) is 57.5 Å². The summed E-state index contributed by atoms with van der Waals surface area (Å²) in [5, 5.41) is 17.6. The van der Waals surface area contributed by atoms with Crippen molar-refractivity contribution in [2.24, 2.45) is 5.73 Å². The van der Waals surface area contributed by atoms with Gasteiger partial charge in [-0.2, -0.15) is 9.50 Å². The van der Waals surface area contributed by atoms with Gasteiger partial charge >= 0.3 is 0 Å². The second-order valence-corrected chi connectivity index (χ2v) is 18.5. The molecule has 7 rings (SSSR count). The van der Waals surface area contributed by atoms with E-state index in [9.17, 15) is 22.8 Å². The van der Waals surface area contributed by atoms with Crippen molar-refractivity contribution in [1.82, 2.24) is 34.7 Å². The van der Waals surface area contributed by atoms with Crippen LogP contribution in [0.15, 0.2) is 83.0 Å². The molecule has 0 amide bonds. The molecule has 2 aliphatic rings. The molecule has 18 nitrogen and oxygen atoms in total. The maximum Gasteiger partial charge on any atom is 0.247 e. The highest BCUT2D eigenvalue weighted by Gasteiger charge is 2.36. The standard InChI is InChI=1S/C45H51FN10O7S.C2H7N/c1-29(2)62-43-42(32(21-47)22-48)49-28-56-44(43)51-45(52-56)50-41-12-11-39(20-40(41)46)64(60,61)38-8-4-7-36(19-38)63-37-24-55(25-37)33-13-15-54(16-14-33)34-10-9-30(26-58)31(18-34)23-53(3)35(27-59)6-5-17-57;1-3-2/h4,7-12,17-22,26-29,33,35,37,47H,5-6,13-16,23-25,48H2,1-3H3,(H,50,52);3H,1-2H3/b32-22+,47-21?;. The molecular formula is C47H58FN11O7S. The Morgan fingerprint density at radius 2 is 1.78 bits per heavy atom. The molecule has 2 aromatic heterocycles. The van der Waals surface area contributed by atoms with Crippen LogP contribution < -0.4 is 30.7 Å². The fourth-order valence-corrected chi connectivity index (χ4v) is 9.26. The fraction of sp³-hybridized carbons (Fsp3) is 0.383. The summed E-state index contributed by atoms with van der Waals surface area (Å²) in [7, 11) is 1.43. The monoisotopic (exact) mass is 939 g/mol. The summed E-state index contributed by atoms with van der Waals surface area (Å²) >= 11 is 0. The molecule has 67 heavy (non-hydrogen) atoms. The number of likely N-dealkylation sites (N-methyl/N-ethyl adjacent to an activating group) is 1. The van der Waals surface area contributed by atoms with Crippen molar-refractivity contribution in [1.29, 1.82) is 5.41 Å². The van der Waals surface area contributed by atoms with Gasteiger partial charge in [-0.15, -0.1) is 5.10 Å². The van der Waals surface area contributed by atoms with Crippen molar-refractivity contribution in [3.05, 3.63) is 95.8 Å². The Balaban J connectivity index is 0.00000240. The largest absolute Gasteiger partial charge is 0.488 e. The van der Waals surface area contributed by atoms with Gasteiger partial charge in [0.1, 0.15) is 48.6 Å². The summed E-state index contributed by atoms with van der Waals surface area (Å²) in [6, 6.07) is 15.5. The number of carbonyl (C=O) groups excluding carboxylic acids is 3. The smallest absolute Gasteiger partial charge is 0.247 e. The van der Waals surface area contributed by atoms with Crippen molar-refractivity contribution in [3.63, 3.8) is 0 Å². The van der Waals surface area contributed by atoms with Gasteiger partial charge in [0.15, 0.2) is 5.75 Å². The van der Waals surface area contributed by atoms with Crippen molar-refractivity contribution in [3.8, 4) is 11.5 Å². The number of nitrogens with zero attached hydrogens (tertiary/aromatic N) is 7. The van der Waals surface area contributed by atoms with Gasteiger partial charge in [0.2, 0.25) is 21.4 Å². The summed E-state index contributed by atoms with van der Waals surface area (Å²) in [6.07, 6.45) is 8.26. The molecule has 2 aliphatic heterocycles. The number of piperidine rings is 1. The molecule has 4 heterocycles. The molecule has 5 N–H and O–H groups in total. The Labute approximate surface area is 389 Å². The number of carbonyl (C=O) groups is 3. The number of aromatic nitrogens is 4. The van der Waals surface area contributed by atoms with Crippen molar-refractivity contribution >= 4 is 63.5 Å². The minimum atomic E-state index is -4.13. The van der Waals surface area contributed by atoms with E-state index in [0.717, 1.165) is 68.3 Å². The van der Waals surface area contributed by atoms with E-state index >= 15 is 4.39 Å². The highest BCUT2D eigenvalue weighted by molar-refractivity contribution is 7.91. The van der Waals surface area contributed by atoms with E-state index in [1.54, 1.807) is 12.1 Å². The van der Waals surface area contributed by atoms with Gasteiger partial charge in [0, 0.05) is 74.4 Å². The number of aldehydes is 3. The molecule has 1 unspecified atom stereocenters. The lowest BCUT2D eigenvalue weighted by Crippen LogP contribution is -2.59. The Morgan fingerprint density at radius 3 is 2.42 bits per heavy atom. The molecule has 5 aromatic rings. The molecular weight excluding hydrogens is 882 g/mol. The molecule has 0 bridgehead atoms. The van der Waals surface area contributed by atoms with Gasteiger partial charge < -0.3 is 45.7 Å². The van der Waals surface area contributed by atoms with Crippen LogP contribution in [-0.2, 0) is 26.0 Å². The number of allylic oxidation sites excluding steroid dienone is 1. The van der Waals surface area contributed by atoms with Crippen LogP contribution in [0.5, 0.6) is 11.5 Å². The van der Waals surface area contributed by atoms with Crippen LogP contribution in [0.25, 0.3) is 11.2 Å². The molecule has 3 aromatic carbocycles. The summed E-state index contributed by atoms with van der Waals surface area (Å²) in [5.74, 6) is -0.219. The predicted molar refractivity (Wildman–Crippen MR) is 254 cm³/mol. The Morgan fingerprint density at radius 1 is 1.04 bits per heavy atom. The van der Waals surface area contributed by atoms with Crippen molar-refractivity contribution in [2.45, 2.75) is 80.2 Å². The normalized spacial score (nSPS) is 15.4.